The Balaban J connectivity index is 1.92. The number of ether oxygens (including phenoxy) is 2. The van der Waals surface area contributed by atoms with E-state index in [1.54, 1.807) is 12.1 Å². The molecule has 1 heterocycles. The van der Waals surface area contributed by atoms with E-state index in [0.717, 1.165) is 35.4 Å². The first-order chi connectivity index (χ1) is 8.66. The van der Waals surface area contributed by atoms with Crippen LogP contribution in [-0.2, 0) is 9.47 Å². The Hall–Kier alpha value is -0.520. The highest BCUT2D eigenvalue weighted by Gasteiger charge is 2.18. The third kappa shape index (κ3) is 3.73. The summed E-state index contributed by atoms with van der Waals surface area (Å²) in [6.07, 6.45) is 1.92. The maximum atomic E-state index is 11.9. The molecule has 3 nitrogen and oxygen atoms in total. The van der Waals surface area contributed by atoms with Gasteiger partial charge in [-0.15, -0.1) is 12.6 Å². The lowest BCUT2D eigenvalue weighted by atomic mass is 10.0. The molecule has 1 saturated heterocycles. The van der Waals surface area contributed by atoms with Crippen molar-refractivity contribution >= 4 is 34.5 Å². The zero-order valence-electron chi connectivity index (χ0n) is 9.89. The van der Waals surface area contributed by atoms with Gasteiger partial charge in [0.25, 0.3) is 0 Å². The molecular weight excluding hydrogens is 316 g/mol. The smallest absolute Gasteiger partial charge is 0.339 e. The van der Waals surface area contributed by atoms with E-state index in [4.69, 9.17) is 9.47 Å². The lowest BCUT2D eigenvalue weighted by Gasteiger charge is -2.21. The number of halogens is 1. The van der Waals surface area contributed by atoms with Crippen molar-refractivity contribution in [3.05, 3.63) is 28.2 Å². The van der Waals surface area contributed by atoms with Gasteiger partial charge in [-0.2, -0.15) is 0 Å². The number of hydrogen-bond donors (Lipinski definition) is 1. The largest absolute Gasteiger partial charge is 0.462 e. The summed E-state index contributed by atoms with van der Waals surface area (Å²) in [7, 11) is 0. The van der Waals surface area contributed by atoms with Gasteiger partial charge in [0.2, 0.25) is 0 Å². The number of benzene rings is 1. The molecule has 2 rings (SSSR count). The molecule has 18 heavy (non-hydrogen) atoms. The predicted molar refractivity (Wildman–Crippen MR) is 75.2 cm³/mol. The van der Waals surface area contributed by atoms with Gasteiger partial charge in [0.05, 0.1) is 12.2 Å². The number of rotatable bonds is 3. The molecule has 98 valence electrons. The van der Waals surface area contributed by atoms with E-state index in [1.807, 2.05) is 6.07 Å². The third-order valence-corrected chi connectivity index (χ3v) is 3.93. The number of esters is 1. The van der Waals surface area contributed by atoms with E-state index in [1.165, 1.54) is 0 Å². The molecule has 0 bridgehead atoms. The van der Waals surface area contributed by atoms with Gasteiger partial charge in [-0.3, -0.25) is 0 Å². The number of hydrogen-bond acceptors (Lipinski definition) is 4. The van der Waals surface area contributed by atoms with Crippen molar-refractivity contribution in [3.63, 3.8) is 0 Å². The van der Waals surface area contributed by atoms with Crippen LogP contribution in [0.25, 0.3) is 0 Å². The van der Waals surface area contributed by atoms with Crippen molar-refractivity contribution in [2.75, 3.05) is 19.8 Å². The zero-order chi connectivity index (χ0) is 13.0. The molecule has 5 heteroatoms. The Morgan fingerprint density at radius 2 is 2.17 bits per heavy atom. The normalized spacial score (nSPS) is 16.6. The molecule has 0 aromatic heterocycles. The van der Waals surface area contributed by atoms with E-state index in [9.17, 15) is 4.79 Å². The van der Waals surface area contributed by atoms with Crippen LogP contribution in [0.15, 0.2) is 27.6 Å². The topological polar surface area (TPSA) is 35.5 Å². The molecule has 0 spiro atoms. The Morgan fingerprint density at radius 3 is 2.89 bits per heavy atom. The molecule has 0 atom stereocenters. The molecule has 1 fully saturated rings. The van der Waals surface area contributed by atoms with Gasteiger partial charge >= 0.3 is 5.97 Å². The van der Waals surface area contributed by atoms with Crippen molar-refractivity contribution in [2.45, 2.75) is 17.7 Å². The fourth-order valence-corrected chi connectivity index (χ4v) is 2.47. The van der Waals surface area contributed by atoms with Crippen molar-refractivity contribution in [2.24, 2.45) is 5.92 Å². The third-order valence-electron chi connectivity index (χ3n) is 2.96. The lowest BCUT2D eigenvalue weighted by Crippen LogP contribution is -2.22. The summed E-state index contributed by atoms with van der Waals surface area (Å²) in [5.74, 6) is 0.116. The SMILES string of the molecule is O=C(OCC1CCOCC1)c1cc(S)ccc1Br. The Kier molecular flexibility index (Phi) is 5.09. The molecule has 0 aliphatic carbocycles. The van der Waals surface area contributed by atoms with Gasteiger partial charge in [-0.1, -0.05) is 0 Å². The summed E-state index contributed by atoms with van der Waals surface area (Å²) in [6, 6.07) is 5.33. The fourth-order valence-electron chi connectivity index (χ4n) is 1.85. The molecule has 0 amide bonds. The molecule has 0 unspecified atom stereocenters. The summed E-state index contributed by atoms with van der Waals surface area (Å²) in [5.41, 5.74) is 0.523. The summed E-state index contributed by atoms with van der Waals surface area (Å²) >= 11 is 7.56. The van der Waals surface area contributed by atoms with E-state index in [0.29, 0.717) is 18.1 Å². The maximum Gasteiger partial charge on any atom is 0.339 e. The standard InChI is InChI=1S/C13H15BrO3S/c14-12-2-1-10(18)7-11(12)13(15)17-8-9-3-5-16-6-4-9/h1-2,7,9,18H,3-6,8H2. The van der Waals surface area contributed by atoms with Crippen LogP contribution in [-0.4, -0.2) is 25.8 Å². The van der Waals surface area contributed by atoms with E-state index in [2.05, 4.69) is 28.6 Å². The van der Waals surface area contributed by atoms with E-state index in [-0.39, 0.29) is 5.97 Å². The van der Waals surface area contributed by atoms with Crippen molar-refractivity contribution < 1.29 is 14.3 Å². The molecule has 1 aromatic carbocycles. The van der Waals surface area contributed by atoms with E-state index < -0.39 is 0 Å². The van der Waals surface area contributed by atoms with Gasteiger partial charge in [0.15, 0.2) is 0 Å². The second-order valence-electron chi connectivity index (χ2n) is 4.32. The van der Waals surface area contributed by atoms with Crippen molar-refractivity contribution in [3.8, 4) is 0 Å². The number of thiol groups is 1. The van der Waals surface area contributed by atoms with Crippen molar-refractivity contribution in [1.29, 1.82) is 0 Å². The quantitative estimate of drug-likeness (QED) is 0.682. The second-order valence-corrected chi connectivity index (χ2v) is 5.69. The Bertz CT molecular complexity index is 430. The average molecular weight is 331 g/mol. The molecule has 1 aliphatic heterocycles. The first-order valence-electron chi connectivity index (χ1n) is 5.90. The zero-order valence-corrected chi connectivity index (χ0v) is 12.4. The molecule has 0 saturated carbocycles. The van der Waals surface area contributed by atoms with Crippen LogP contribution in [0.4, 0.5) is 0 Å². The molecule has 0 radical (unpaired) electrons. The molecule has 0 N–H and O–H groups in total. The van der Waals surface area contributed by atoms with Gasteiger partial charge in [-0.05, 0) is 52.9 Å². The predicted octanol–water partition coefficient (Wildman–Crippen LogP) is 3.32. The summed E-state index contributed by atoms with van der Waals surface area (Å²) in [4.78, 5) is 12.7. The summed E-state index contributed by atoms with van der Waals surface area (Å²) in [5, 5.41) is 0. The van der Waals surface area contributed by atoms with Crippen LogP contribution in [0, 0.1) is 5.92 Å². The Labute approximate surface area is 120 Å². The van der Waals surface area contributed by atoms with Gasteiger partial charge in [0, 0.05) is 22.6 Å². The fraction of sp³-hybridized carbons (Fsp3) is 0.462. The Morgan fingerprint density at radius 1 is 1.44 bits per heavy atom. The average Bonchev–Trinajstić information content (AvgIpc) is 2.40. The molecule has 1 aromatic rings. The highest BCUT2D eigenvalue weighted by molar-refractivity contribution is 9.10. The van der Waals surface area contributed by atoms with Crippen LogP contribution in [0.1, 0.15) is 23.2 Å². The van der Waals surface area contributed by atoms with Gasteiger partial charge in [0.1, 0.15) is 0 Å². The highest BCUT2D eigenvalue weighted by atomic mass is 79.9. The minimum atomic E-state index is -0.302. The minimum absolute atomic E-state index is 0.302. The minimum Gasteiger partial charge on any atom is -0.462 e. The number of carbonyl (C=O) groups is 1. The highest BCUT2D eigenvalue weighted by Crippen LogP contribution is 2.22. The first-order valence-corrected chi connectivity index (χ1v) is 7.14. The number of carbonyl (C=O) groups excluding carboxylic acids is 1. The molecule has 1 aliphatic rings. The monoisotopic (exact) mass is 330 g/mol. The maximum absolute atomic E-state index is 11.9. The van der Waals surface area contributed by atoms with Crippen LogP contribution in [0.5, 0.6) is 0 Å². The summed E-state index contributed by atoms with van der Waals surface area (Å²) < 4.78 is 11.3. The van der Waals surface area contributed by atoms with Crippen LogP contribution in [0.3, 0.4) is 0 Å². The van der Waals surface area contributed by atoms with Crippen LogP contribution < -0.4 is 0 Å². The molecular formula is C13H15BrO3S. The summed E-state index contributed by atoms with van der Waals surface area (Å²) in [6.45, 7) is 1.99. The lowest BCUT2D eigenvalue weighted by molar-refractivity contribution is 0.0185. The van der Waals surface area contributed by atoms with Gasteiger partial charge < -0.3 is 9.47 Å². The van der Waals surface area contributed by atoms with E-state index >= 15 is 0 Å². The second kappa shape index (κ2) is 6.59. The van der Waals surface area contributed by atoms with Gasteiger partial charge in [-0.25, -0.2) is 4.79 Å². The first kappa shape index (κ1) is 13.9. The van der Waals surface area contributed by atoms with Crippen LogP contribution in [0.2, 0.25) is 0 Å². The van der Waals surface area contributed by atoms with Crippen LogP contribution >= 0.6 is 28.6 Å². The van der Waals surface area contributed by atoms with Crippen molar-refractivity contribution in [1.82, 2.24) is 0 Å².